The lowest BCUT2D eigenvalue weighted by atomic mass is 10.1. The summed E-state index contributed by atoms with van der Waals surface area (Å²) in [6, 6.07) is 6.27. The Morgan fingerprint density at radius 3 is 2.57 bits per heavy atom. The molecule has 1 aromatic rings. The van der Waals surface area contributed by atoms with Gasteiger partial charge in [0, 0.05) is 38.3 Å². The van der Waals surface area contributed by atoms with Crippen molar-refractivity contribution in [3.63, 3.8) is 0 Å². The summed E-state index contributed by atoms with van der Waals surface area (Å²) in [7, 11) is -1.90. The minimum Gasteiger partial charge on any atom is -0.384 e. The molecule has 1 aliphatic heterocycles. The van der Waals surface area contributed by atoms with Crippen LogP contribution < -0.4 is 5.32 Å². The predicted octanol–water partition coefficient (Wildman–Crippen LogP) is 0.962. The van der Waals surface area contributed by atoms with Gasteiger partial charge in [0.25, 0.3) is 5.91 Å². The molecule has 8 heteroatoms. The van der Waals surface area contributed by atoms with Crippen molar-refractivity contribution in [2.45, 2.75) is 17.9 Å². The zero-order valence-corrected chi connectivity index (χ0v) is 15.0. The van der Waals surface area contributed by atoms with Crippen LogP contribution in [-0.2, 0) is 14.6 Å². The normalized spacial score (nSPS) is 18.3. The number of ether oxygens (including phenoxy) is 1. The van der Waals surface area contributed by atoms with Gasteiger partial charge in [-0.3, -0.25) is 4.79 Å². The molecule has 0 radical (unpaired) electrons. The van der Waals surface area contributed by atoms with E-state index in [2.05, 4.69) is 5.32 Å². The minimum absolute atomic E-state index is 0. The monoisotopic (exact) mass is 362 g/mol. The number of halogens is 1. The van der Waals surface area contributed by atoms with Crippen molar-refractivity contribution in [2.24, 2.45) is 0 Å². The first kappa shape index (κ1) is 19.9. The molecule has 0 bridgehead atoms. The van der Waals surface area contributed by atoms with Gasteiger partial charge in [-0.2, -0.15) is 0 Å². The molecule has 1 aliphatic rings. The van der Waals surface area contributed by atoms with E-state index < -0.39 is 9.84 Å². The molecule has 1 aromatic carbocycles. The number of hydrogen-bond donors (Lipinski definition) is 1. The quantitative estimate of drug-likeness (QED) is 0.844. The first-order valence-corrected chi connectivity index (χ1v) is 8.94. The number of rotatable bonds is 5. The average molecular weight is 363 g/mol. The van der Waals surface area contributed by atoms with Gasteiger partial charge in [0.2, 0.25) is 0 Å². The number of nitrogens with zero attached hydrogens (tertiary/aromatic N) is 1. The first-order chi connectivity index (χ1) is 10.5. The summed E-state index contributed by atoms with van der Waals surface area (Å²) in [5, 5.41) is 3.23. The van der Waals surface area contributed by atoms with E-state index >= 15 is 0 Å². The molecule has 1 atom stereocenters. The maximum Gasteiger partial charge on any atom is 0.254 e. The Kier molecular flexibility index (Phi) is 7.47. The second-order valence-electron chi connectivity index (χ2n) is 5.39. The summed E-state index contributed by atoms with van der Waals surface area (Å²) in [5.74, 6) is -0.124. The van der Waals surface area contributed by atoms with Gasteiger partial charge in [-0.05, 0) is 31.2 Å². The standard InChI is InChI=1S/C15H22N2O4S.ClH/c1-12-11-16-7-8-17(12)15(18)13-3-5-14(6-4-13)22(19,20)10-9-21-2;/h3-6,12,16H,7-11H2,1-2H3;1H/t12-;/m0./s1. The number of nitrogens with one attached hydrogen (secondary N) is 1. The lowest BCUT2D eigenvalue weighted by Gasteiger charge is -2.34. The second-order valence-corrected chi connectivity index (χ2v) is 7.50. The van der Waals surface area contributed by atoms with E-state index in [4.69, 9.17) is 4.74 Å². The third kappa shape index (κ3) is 4.91. The van der Waals surface area contributed by atoms with Gasteiger partial charge >= 0.3 is 0 Å². The fraction of sp³-hybridized carbons (Fsp3) is 0.533. The van der Waals surface area contributed by atoms with E-state index in [9.17, 15) is 13.2 Å². The summed E-state index contributed by atoms with van der Waals surface area (Å²) in [5.41, 5.74) is 0.513. The van der Waals surface area contributed by atoms with Crippen molar-refractivity contribution in [2.75, 3.05) is 39.1 Å². The van der Waals surface area contributed by atoms with Crippen molar-refractivity contribution >= 4 is 28.2 Å². The largest absolute Gasteiger partial charge is 0.384 e. The molecule has 130 valence electrons. The Morgan fingerprint density at radius 1 is 1.35 bits per heavy atom. The maximum absolute atomic E-state index is 12.5. The zero-order valence-electron chi connectivity index (χ0n) is 13.3. The van der Waals surface area contributed by atoms with Crippen LogP contribution in [0.15, 0.2) is 29.2 Å². The van der Waals surface area contributed by atoms with E-state index in [1.165, 1.54) is 19.2 Å². The average Bonchev–Trinajstić information content (AvgIpc) is 2.53. The highest BCUT2D eigenvalue weighted by atomic mass is 35.5. The summed E-state index contributed by atoms with van der Waals surface area (Å²) in [6.07, 6.45) is 0. The van der Waals surface area contributed by atoms with E-state index in [0.29, 0.717) is 12.1 Å². The third-order valence-corrected chi connectivity index (χ3v) is 5.47. The Morgan fingerprint density at radius 2 is 2.00 bits per heavy atom. The zero-order chi connectivity index (χ0) is 16.2. The fourth-order valence-corrected chi connectivity index (χ4v) is 3.60. The van der Waals surface area contributed by atoms with Gasteiger partial charge in [-0.1, -0.05) is 0 Å². The number of piperazine rings is 1. The smallest absolute Gasteiger partial charge is 0.254 e. The molecule has 0 spiro atoms. The number of methoxy groups -OCH3 is 1. The topological polar surface area (TPSA) is 75.7 Å². The first-order valence-electron chi connectivity index (χ1n) is 7.29. The molecule has 2 rings (SSSR count). The molecule has 1 N–H and O–H groups in total. The Bertz CT molecular complexity index is 619. The number of carbonyl (C=O) groups excluding carboxylic acids is 1. The fourth-order valence-electron chi connectivity index (χ4n) is 2.42. The highest BCUT2D eigenvalue weighted by Crippen LogP contribution is 2.15. The van der Waals surface area contributed by atoms with Crippen LogP contribution in [0, 0.1) is 0 Å². The third-order valence-electron chi connectivity index (χ3n) is 3.78. The van der Waals surface area contributed by atoms with Crippen molar-refractivity contribution < 1.29 is 17.9 Å². The van der Waals surface area contributed by atoms with Gasteiger partial charge in [0.05, 0.1) is 17.3 Å². The molecule has 0 aromatic heterocycles. The molecule has 0 unspecified atom stereocenters. The summed E-state index contributed by atoms with van der Waals surface area (Å²) in [6.45, 7) is 4.36. The molecular formula is C15H23ClN2O4S. The van der Waals surface area contributed by atoms with E-state index in [1.807, 2.05) is 11.8 Å². The number of sulfone groups is 1. The van der Waals surface area contributed by atoms with Crippen LogP contribution in [0.1, 0.15) is 17.3 Å². The molecule has 1 fully saturated rings. The van der Waals surface area contributed by atoms with E-state index in [-0.39, 0.29) is 41.6 Å². The van der Waals surface area contributed by atoms with Gasteiger partial charge in [0.15, 0.2) is 9.84 Å². The van der Waals surface area contributed by atoms with E-state index in [1.54, 1.807) is 12.1 Å². The predicted molar refractivity (Wildman–Crippen MR) is 91.0 cm³/mol. The summed E-state index contributed by atoms with van der Waals surface area (Å²) >= 11 is 0. The SMILES string of the molecule is COCCS(=O)(=O)c1ccc(C(=O)N2CCNC[C@@H]2C)cc1.Cl. The molecule has 1 heterocycles. The van der Waals surface area contributed by atoms with Gasteiger partial charge in [0.1, 0.15) is 0 Å². The number of hydrogen-bond acceptors (Lipinski definition) is 5. The van der Waals surface area contributed by atoms with Crippen LogP contribution in [0.25, 0.3) is 0 Å². The molecule has 6 nitrogen and oxygen atoms in total. The van der Waals surface area contributed by atoms with Crippen LogP contribution in [0.4, 0.5) is 0 Å². The lowest BCUT2D eigenvalue weighted by Crippen LogP contribution is -2.52. The highest BCUT2D eigenvalue weighted by Gasteiger charge is 2.24. The van der Waals surface area contributed by atoms with Crippen molar-refractivity contribution in [3.05, 3.63) is 29.8 Å². The number of carbonyl (C=O) groups is 1. The van der Waals surface area contributed by atoms with Gasteiger partial charge in [-0.25, -0.2) is 8.42 Å². The van der Waals surface area contributed by atoms with Crippen molar-refractivity contribution in [3.8, 4) is 0 Å². The van der Waals surface area contributed by atoms with Crippen LogP contribution in [0.2, 0.25) is 0 Å². The van der Waals surface area contributed by atoms with Crippen LogP contribution in [0.3, 0.4) is 0 Å². The number of benzene rings is 1. The Hall–Kier alpha value is -1.15. The lowest BCUT2D eigenvalue weighted by molar-refractivity contribution is 0.0655. The Labute approximate surface area is 143 Å². The van der Waals surface area contributed by atoms with Crippen LogP contribution in [-0.4, -0.2) is 64.4 Å². The van der Waals surface area contributed by atoms with Gasteiger partial charge in [-0.15, -0.1) is 12.4 Å². The molecule has 1 amide bonds. The van der Waals surface area contributed by atoms with Gasteiger partial charge < -0.3 is 15.0 Å². The number of amides is 1. The highest BCUT2D eigenvalue weighted by molar-refractivity contribution is 7.91. The summed E-state index contributed by atoms with van der Waals surface area (Å²) in [4.78, 5) is 14.5. The maximum atomic E-state index is 12.5. The molecule has 1 saturated heterocycles. The Balaban J connectivity index is 0.00000264. The van der Waals surface area contributed by atoms with Crippen molar-refractivity contribution in [1.82, 2.24) is 10.2 Å². The molecule has 23 heavy (non-hydrogen) atoms. The molecule has 0 aliphatic carbocycles. The minimum atomic E-state index is -3.36. The molecular weight excluding hydrogens is 340 g/mol. The van der Waals surface area contributed by atoms with Crippen LogP contribution >= 0.6 is 12.4 Å². The second kappa shape index (κ2) is 8.63. The molecule has 0 saturated carbocycles. The van der Waals surface area contributed by atoms with Crippen LogP contribution in [0.5, 0.6) is 0 Å². The van der Waals surface area contributed by atoms with Crippen molar-refractivity contribution in [1.29, 1.82) is 0 Å². The van der Waals surface area contributed by atoms with E-state index in [0.717, 1.165) is 13.1 Å². The summed E-state index contributed by atoms with van der Waals surface area (Å²) < 4.78 is 28.9.